The van der Waals surface area contributed by atoms with Crippen LogP contribution >= 0.6 is 0 Å². The third-order valence-electron chi connectivity index (χ3n) is 5.76. The van der Waals surface area contributed by atoms with Crippen LogP contribution in [0.4, 0.5) is 10.5 Å². The Morgan fingerprint density at radius 3 is 2.31 bits per heavy atom. The summed E-state index contributed by atoms with van der Waals surface area (Å²) in [6.45, 7) is 11.9. The van der Waals surface area contributed by atoms with Gasteiger partial charge in [0.1, 0.15) is 13.2 Å². The molecule has 0 aliphatic heterocycles. The maximum absolute atomic E-state index is 12.3. The minimum atomic E-state index is -1.75. The van der Waals surface area contributed by atoms with Gasteiger partial charge in [0, 0.05) is 12.3 Å². The summed E-state index contributed by atoms with van der Waals surface area (Å²) in [5, 5.41) is 5.56. The summed E-state index contributed by atoms with van der Waals surface area (Å²) in [7, 11) is -1.75. The first-order valence-electron chi connectivity index (χ1n) is 11.0. The van der Waals surface area contributed by atoms with Gasteiger partial charge in [-0.3, -0.25) is 4.79 Å². The number of carbonyl (C=O) groups is 2. The van der Waals surface area contributed by atoms with Crippen molar-refractivity contribution in [3.05, 3.63) is 65.7 Å². The van der Waals surface area contributed by atoms with Gasteiger partial charge >= 0.3 is 6.09 Å². The molecule has 6 nitrogen and oxygen atoms in total. The fraction of sp³-hybridized carbons (Fsp3) is 0.440. The van der Waals surface area contributed by atoms with Crippen molar-refractivity contribution in [3.63, 3.8) is 0 Å². The van der Waals surface area contributed by atoms with Crippen molar-refractivity contribution in [2.45, 2.75) is 58.4 Å². The summed E-state index contributed by atoms with van der Waals surface area (Å²) < 4.78 is 11.4. The quantitative estimate of drug-likeness (QED) is 0.365. The molecule has 0 saturated heterocycles. The van der Waals surface area contributed by atoms with E-state index < -0.39 is 14.4 Å². The number of amides is 2. The molecule has 0 spiro atoms. The smallest absolute Gasteiger partial charge is 0.407 e. The SMILES string of the molecule is CC(C)(C)[Si](C)(C)OCCCc1ccccc1NC(=O)CNC(=O)OCc1ccccc1. The maximum Gasteiger partial charge on any atom is 0.407 e. The van der Waals surface area contributed by atoms with Gasteiger partial charge in [-0.2, -0.15) is 0 Å². The van der Waals surface area contributed by atoms with Crippen LogP contribution in [0.15, 0.2) is 54.6 Å². The molecule has 2 N–H and O–H groups in total. The molecule has 0 aromatic heterocycles. The number of benzene rings is 2. The van der Waals surface area contributed by atoms with Crippen LogP contribution in [-0.4, -0.2) is 33.5 Å². The van der Waals surface area contributed by atoms with Crippen molar-refractivity contribution >= 4 is 26.0 Å². The maximum atomic E-state index is 12.3. The number of hydrogen-bond acceptors (Lipinski definition) is 4. The highest BCUT2D eigenvalue weighted by molar-refractivity contribution is 6.74. The normalized spacial score (nSPS) is 11.7. The van der Waals surface area contributed by atoms with E-state index in [4.69, 9.17) is 9.16 Å². The number of nitrogens with one attached hydrogen (secondary N) is 2. The Balaban J connectivity index is 1.76. The molecular weight excluding hydrogens is 420 g/mol. The molecule has 174 valence electrons. The molecule has 2 aromatic carbocycles. The zero-order valence-electron chi connectivity index (χ0n) is 19.9. The summed E-state index contributed by atoms with van der Waals surface area (Å²) in [5.41, 5.74) is 2.69. The Morgan fingerprint density at radius 1 is 0.969 bits per heavy atom. The highest BCUT2D eigenvalue weighted by Gasteiger charge is 2.36. The van der Waals surface area contributed by atoms with E-state index in [1.165, 1.54) is 0 Å². The average molecular weight is 457 g/mol. The summed E-state index contributed by atoms with van der Waals surface area (Å²) >= 11 is 0. The Labute approximate surface area is 192 Å². The van der Waals surface area contributed by atoms with E-state index >= 15 is 0 Å². The second-order valence-electron chi connectivity index (χ2n) is 9.33. The van der Waals surface area contributed by atoms with Crippen LogP contribution in [-0.2, 0) is 27.0 Å². The van der Waals surface area contributed by atoms with Crippen molar-refractivity contribution in [2.24, 2.45) is 0 Å². The van der Waals surface area contributed by atoms with E-state index in [1.54, 1.807) is 0 Å². The van der Waals surface area contributed by atoms with Crippen LogP contribution in [0, 0.1) is 0 Å². The van der Waals surface area contributed by atoms with E-state index in [0.717, 1.165) is 29.7 Å². The first-order chi connectivity index (χ1) is 15.1. The molecule has 0 aliphatic rings. The number of hydrogen-bond donors (Lipinski definition) is 2. The lowest BCUT2D eigenvalue weighted by molar-refractivity contribution is -0.115. The number of aryl methyl sites for hydroxylation is 1. The van der Waals surface area contributed by atoms with Gasteiger partial charge in [0.15, 0.2) is 8.32 Å². The van der Waals surface area contributed by atoms with E-state index in [0.29, 0.717) is 6.61 Å². The standard InChI is InChI=1S/C25H36N2O4Si/c1-25(2,3)32(4,5)31-17-11-15-21-14-9-10-16-22(21)27-23(28)18-26-24(29)30-19-20-12-7-6-8-13-20/h6-10,12-14,16H,11,15,17-19H2,1-5H3,(H,26,29)(H,27,28). The molecule has 0 unspecified atom stereocenters. The van der Waals surface area contributed by atoms with Crippen molar-refractivity contribution in [1.29, 1.82) is 0 Å². The van der Waals surface area contributed by atoms with Gasteiger partial charge in [-0.25, -0.2) is 4.79 Å². The Morgan fingerprint density at radius 2 is 1.62 bits per heavy atom. The van der Waals surface area contributed by atoms with Crippen LogP contribution in [0.25, 0.3) is 0 Å². The van der Waals surface area contributed by atoms with Gasteiger partial charge in [-0.05, 0) is 48.2 Å². The van der Waals surface area contributed by atoms with Gasteiger partial charge in [0.25, 0.3) is 0 Å². The van der Waals surface area contributed by atoms with E-state index in [-0.39, 0.29) is 24.1 Å². The van der Waals surface area contributed by atoms with E-state index in [2.05, 4.69) is 44.5 Å². The first kappa shape index (κ1) is 25.6. The van der Waals surface area contributed by atoms with Gasteiger partial charge in [0.2, 0.25) is 5.91 Å². The van der Waals surface area contributed by atoms with Crippen LogP contribution < -0.4 is 10.6 Å². The molecule has 32 heavy (non-hydrogen) atoms. The summed E-state index contributed by atoms with van der Waals surface area (Å²) in [5.74, 6) is -0.299. The topological polar surface area (TPSA) is 76.7 Å². The lowest BCUT2D eigenvalue weighted by Crippen LogP contribution is -2.41. The molecule has 0 radical (unpaired) electrons. The van der Waals surface area contributed by atoms with Gasteiger partial charge in [-0.1, -0.05) is 69.3 Å². The van der Waals surface area contributed by atoms with E-state index in [9.17, 15) is 9.59 Å². The van der Waals surface area contributed by atoms with Crippen LogP contribution in [0.5, 0.6) is 0 Å². The molecule has 0 atom stereocenters. The third kappa shape index (κ3) is 8.47. The zero-order valence-corrected chi connectivity index (χ0v) is 20.9. The van der Waals surface area contributed by atoms with Gasteiger partial charge < -0.3 is 19.8 Å². The number of anilines is 1. The van der Waals surface area contributed by atoms with Gasteiger partial charge in [0.05, 0.1) is 0 Å². The number of para-hydroxylation sites is 1. The third-order valence-corrected chi connectivity index (χ3v) is 10.3. The molecule has 2 amide bonds. The number of carbonyl (C=O) groups excluding carboxylic acids is 2. The molecule has 2 rings (SSSR count). The summed E-state index contributed by atoms with van der Waals surface area (Å²) in [4.78, 5) is 24.2. The molecule has 0 aliphatic carbocycles. The van der Waals surface area contributed by atoms with Crippen LogP contribution in [0.3, 0.4) is 0 Å². The molecule has 7 heteroatoms. The van der Waals surface area contributed by atoms with Gasteiger partial charge in [-0.15, -0.1) is 0 Å². The Bertz CT molecular complexity index is 879. The van der Waals surface area contributed by atoms with Crippen molar-refractivity contribution in [2.75, 3.05) is 18.5 Å². The summed E-state index contributed by atoms with van der Waals surface area (Å²) in [6, 6.07) is 17.1. The van der Waals surface area contributed by atoms with E-state index in [1.807, 2.05) is 54.6 Å². The molecule has 0 heterocycles. The fourth-order valence-corrected chi connectivity index (χ4v) is 3.88. The van der Waals surface area contributed by atoms with Crippen molar-refractivity contribution in [1.82, 2.24) is 5.32 Å². The monoisotopic (exact) mass is 456 g/mol. The van der Waals surface area contributed by atoms with Crippen molar-refractivity contribution in [3.8, 4) is 0 Å². The Hall–Kier alpha value is -2.64. The molecule has 0 fully saturated rings. The molecule has 0 saturated carbocycles. The van der Waals surface area contributed by atoms with Crippen LogP contribution in [0.2, 0.25) is 18.1 Å². The second kappa shape index (κ2) is 11.8. The highest BCUT2D eigenvalue weighted by Crippen LogP contribution is 2.36. The first-order valence-corrected chi connectivity index (χ1v) is 14.0. The number of alkyl carbamates (subject to hydrolysis) is 1. The Kier molecular flexibility index (Phi) is 9.47. The lowest BCUT2D eigenvalue weighted by Gasteiger charge is -2.36. The summed E-state index contributed by atoms with van der Waals surface area (Å²) in [6.07, 6.45) is 1.06. The average Bonchev–Trinajstić information content (AvgIpc) is 2.75. The molecule has 0 bridgehead atoms. The highest BCUT2D eigenvalue weighted by atomic mass is 28.4. The fourth-order valence-electron chi connectivity index (χ4n) is 2.79. The molecule has 2 aromatic rings. The zero-order chi connectivity index (χ0) is 23.6. The van der Waals surface area contributed by atoms with Crippen LogP contribution in [0.1, 0.15) is 38.3 Å². The lowest BCUT2D eigenvalue weighted by atomic mass is 10.1. The predicted octanol–water partition coefficient (Wildman–Crippen LogP) is 5.51. The largest absolute Gasteiger partial charge is 0.445 e. The minimum absolute atomic E-state index is 0.156. The van der Waals surface area contributed by atoms with Crippen molar-refractivity contribution < 1.29 is 18.8 Å². The predicted molar refractivity (Wildman–Crippen MR) is 131 cm³/mol. The second-order valence-corrected chi connectivity index (χ2v) is 14.1. The minimum Gasteiger partial charge on any atom is -0.445 e. The molecular formula is C25H36N2O4Si. The number of rotatable bonds is 10. The number of ether oxygens (including phenoxy) is 1.